The third-order valence-corrected chi connectivity index (χ3v) is 3.55. The van der Waals surface area contributed by atoms with Crippen molar-refractivity contribution in [3.05, 3.63) is 0 Å². The number of hydrogen-bond donors (Lipinski definition) is 2. The number of ether oxygens (including phenoxy) is 1. The average molecular weight is 286 g/mol. The number of carboxylic acids is 1. The molecule has 1 aliphatic rings. The van der Waals surface area contributed by atoms with Crippen LogP contribution in [0.3, 0.4) is 0 Å². The van der Waals surface area contributed by atoms with E-state index in [1.54, 1.807) is 11.8 Å². The number of rotatable bonds is 3. The third-order valence-electron chi connectivity index (χ3n) is 3.55. The summed E-state index contributed by atoms with van der Waals surface area (Å²) in [7, 11) is 0. The summed E-state index contributed by atoms with van der Waals surface area (Å²) < 4.78 is 5.91. The fourth-order valence-electron chi connectivity index (χ4n) is 2.54. The maximum Gasteiger partial charge on any atom is 0.329 e. The lowest BCUT2D eigenvalue weighted by molar-refractivity contribution is -0.170. The number of carboxylic acid groups (broad SMARTS) is 1. The van der Waals surface area contributed by atoms with Crippen LogP contribution >= 0.6 is 0 Å². The lowest BCUT2D eigenvalue weighted by Gasteiger charge is -2.47. The van der Waals surface area contributed by atoms with Crippen LogP contribution in [-0.2, 0) is 9.53 Å². The van der Waals surface area contributed by atoms with Crippen molar-refractivity contribution in [1.29, 1.82) is 0 Å². The van der Waals surface area contributed by atoms with Crippen molar-refractivity contribution in [2.45, 2.75) is 64.7 Å². The van der Waals surface area contributed by atoms with Crippen molar-refractivity contribution in [3.63, 3.8) is 0 Å². The highest BCUT2D eigenvalue weighted by Crippen LogP contribution is 2.28. The molecule has 1 fully saturated rings. The first-order chi connectivity index (χ1) is 8.91. The van der Waals surface area contributed by atoms with E-state index in [0.29, 0.717) is 19.5 Å². The van der Waals surface area contributed by atoms with Gasteiger partial charge in [0.2, 0.25) is 0 Å². The highest BCUT2D eigenvalue weighted by atomic mass is 16.5. The van der Waals surface area contributed by atoms with Gasteiger partial charge in [-0.25, -0.2) is 9.59 Å². The topological polar surface area (TPSA) is 78.9 Å². The first-order valence-electron chi connectivity index (χ1n) is 6.91. The Hall–Kier alpha value is -1.30. The van der Waals surface area contributed by atoms with E-state index in [2.05, 4.69) is 5.32 Å². The molecule has 0 saturated carbocycles. The second kappa shape index (κ2) is 5.24. The van der Waals surface area contributed by atoms with Crippen molar-refractivity contribution >= 4 is 12.0 Å². The number of urea groups is 1. The first kappa shape index (κ1) is 16.8. The summed E-state index contributed by atoms with van der Waals surface area (Å²) in [6.07, 6.45) is 0.325. The highest BCUT2D eigenvalue weighted by Gasteiger charge is 2.42. The molecule has 2 amide bonds. The molecular weight excluding hydrogens is 260 g/mol. The predicted molar refractivity (Wildman–Crippen MR) is 75.7 cm³/mol. The van der Waals surface area contributed by atoms with Gasteiger partial charge in [0, 0.05) is 0 Å². The molecule has 1 saturated heterocycles. The van der Waals surface area contributed by atoms with Crippen LogP contribution in [0.1, 0.15) is 48.0 Å². The van der Waals surface area contributed by atoms with E-state index >= 15 is 0 Å². The van der Waals surface area contributed by atoms with E-state index in [1.165, 1.54) is 6.92 Å². The van der Waals surface area contributed by atoms with Crippen LogP contribution in [0.4, 0.5) is 4.79 Å². The minimum Gasteiger partial charge on any atom is -0.480 e. The quantitative estimate of drug-likeness (QED) is 0.829. The van der Waals surface area contributed by atoms with Crippen LogP contribution in [0.25, 0.3) is 0 Å². The zero-order valence-corrected chi connectivity index (χ0v) is 13.2. The molecule has 1 atom stereocenters. The number of carbonyl (C=O) groups excluding carboxylic acids is 1. The van der Waals surface area contributed by atoms with Crippen LogP contribution in [0.2, 0.25) is 0 Å². The van der Waals surface area contributed by atoms with Crippen molar-refractivity contribution in [3.8, 4) is 0 Å². The van der Waals surface area contributed by atoms with Crippen molar-refractivity contribution in [2.75, 3.05) is 13.1 Å². The Kier molecular flexibility index (Phi) is 4.39. The SMILES string of the molecule is CCC(C)(NC(=O)N1CC(C)(C)OC(C)(C)C1)C(=O)O. The second-order valence-corrected chi connectivity index (χ2v) is 6.90. The van der Waals surface area contributed by atoms with Crippen molar-refractivity contribution < 1.29 is 19.4 Å². The summed E-state index contributed by atoms with van der Waals surface area (Å²) in [5.74, 6) is -1.03. The Morgan fingerprint density at radius 2 is 1.70 bits per heavy atom. The third kappa shape index (κ3) is 3.85. The lowest BCUT2D eigenvalue weighted by atomic mass is 9.98. The Labute approximate surface area is 120 Å². The van der Waals surface area contributed by atoms with Crippen molar-refractivity contribution in [1.82, 2.24) is 10.2 Å². The first-order valence-corrected chi connectivity index (χ1v) is 6.91. The summed E-state index contributed by atoms with van der Waals surface area (Å²) in [6.45, 7) is 11.8. The smallest absolute Gasteiger partial charge is 0.329 e. The molecule has 0 radical (unpaired) electrons. The second-order valence-electron chi connectivity index (χ2n) is 6.90. The fraction of sp³-hybridized carbons (Fsp3) is 0.857. The zero-order valence-electron chi connectivity index (χ0n) is 13.2. The molecule has 6 heteroatoms. The lowest BCUT2D eigenvalue weighted by Crippen LogP contribution is -2.63. The molecular formula is C14H26N2O4. The standard InChI is InChI=1S/C14H26N2O4/c1-7-14(6,10(17)18)15-11(19)16-8-12(2,3)20-13(4,5)9-16/h7-9H2,1-6H3,(H,15,19)(H,17,18). The van der Waals surface area contributed by atoms with Gasteiger partial charge in [0.1, 0.15) is 5.54 Å². The maximum absolute atomic E-state index is 12.3. The summed E-state index contributed by atoms with van der Waals surface area (Å²) in [6, 6.07) is -0.360. The van der Waals surface area contributed by atoms with Crippen LogP contribution in [0.5, 0.6) is 0 Å². The predicted octanol–water partition coefficient (Wildman–Crippen LogP) is 1.84. The normalized spacial score (nSPS) is 23.8. The minimum absolute atomic E-state index is 0.325. The monoisotopic (exact) mass is 286 g/mol. The fourth-order valence-corrected chi connectivity index (χ4v) is 2.54. The number of aliphatic carboxylic acids is 1. The number of hydrogen-bond acceptors (Lipinski definition) is 3. The number of nitrogens with one attached hydrogen (secondary N) is 1. The van der Waals surface area contributed by atoms with Gasteiger partial charge >= 0.3 is 12.0 Å². The molecule has 116 valence electrons. The molecule has 1 unspecified atom stereocenters. The molecule has 1 heterocycles. The summed E-state index contributed by atoms with van der Waals surface area (Å²) >= 11 is 0. The number of nitrogens with zero attached hydrogens (tertiary/aromatic N) is 1. The molecule has 0 aromatic rings. The molecule has 6 nitrogen and oxygen atoms in total. The minimum atomic E-state index is -1.25. The van der Waals surface area contributed by atoms with Gasteiger partial charge in [-0.15, -0.1) is 0 Å². The molecule has 1 aliphatic heterocycles. The van der Waals surface area contributed by atoms with Gasteiger partial charge in [0.25, 0.3) is 0 Å². The molecule has 0 spiro atoms. The molecule has 0 bridgehead atoms. The summed E-state index contributed by atoms with van der Waals surface area (Å²) in [4.78, 5) is 25.2. The Morgan fingerprint density at radius 3 is 2.05 bits per heavy atom. The largest absolute Gasteiger partial charge is 0.480 e. The van der Waals surface area contributed by atoms with Crippen LogP contribution in [0.15, 0.2) is 0 Å². The van der Waals surface area contributed by atoms with Crippen LogP contribution in [0, 0.1) is 0 Å². The molecule has 0 aromatic heterocycles. The number of amides is 2. The summed E-state index contributed by atoms with van der Waals surface area (Å²) in [5, 5.41) is 11.8. The van der Waals surface area contributed by atoms with Gasteiger partial charge in [-0.2, -0.15) is 0 Å². The number of morpholine rings is 1. The summed E-state index contributed by atoms with van der Waals surface area (Å²) in [5.41, 5.74) is -2.15. The molecule has 0 aromatic carbocycles. The van der Waals surface area contributed by atoms with Gasteiger partial charge < -0.3 is 20.1 Å². The van der Waals surface area contributed by atoms with E-state index in [9.17, 15) is 14.7 Å². The van der Waals surface area contributed by atoms with E-state index in [-0.39, 0.29) is 6.03 Å². The van der Waals surface area contributed by atoms with Gasteiger partial charge in [0.05, 0.1) is 24.3 Å². The maximum atomic E-state index is 12.3. The average Bonchev–Trinajstić information content (AvgIpc) is 2.24. The van der Waals surface area contributed by atoms with E-state index in [1.807, 2.05) is 27.7 Å². The van der Waals surface area contributed by atoms with Gasteiger partial charge in [0.15, 0.2) is 0 Å². The molecule has 1 rings (SSSR count). The van der Waals surface area contributed by atoms with E-state index in [4.69, 9.17) is 4.74 Å². The van der Waals surface area contributed by atoms with Crippen molar-refractivity contribution in [2.24, 2.45) is 0 Å². The zero-order chi connectivity index (χ0) is 15.8. The Bertz CT molecular complexity index is 390. The highest BCUT2D eigenvalue weighted by molar-refractivity contribution is 5.86. The molecule has 2 N–H and O–H groups in total. The van der Waals surface area contributed by atoms with Crippen LogP contribution < -0.4 is 5.32 Å². The Balaban J connectivity index is 2.84. The van der Waals surface area contributed by atoms with Crippen LogP contribution in [-0.4, -0.2) is 51.8 Å². The van der Waals surface area contributed by atoms with Gasteiger partial charge in [-0.3, -0.25) is 0 Å². The molecule has 0 aliphatic carbocycles. The molecule has 20 heavy (non-hydrogen) atoms. The van der Waals surface area contributed by atoms with Gasteiger partial charge in [-0.05, 0) is 41.0 Å². The number of carbonyl (C=O) groups is 2. The Morgan fingerprint density at radius 1 is 1.25 bits per heavy atom. The van der Waals surface area contributed by atoms with Gasteiger partial charge in [-0.1, -0.05) is 6.92 Å². The van der Waals surface area contributed by atoms with E-state index in [0.717, 1.165) is 0 Å². The van der Waals surface area contributed by atoms with E-state index < -0.39 is 22.7 Å².